The summed E-state index contributed by atoms with van der Waals surface area (Å²) < 4.78 is 0. The molecule has 0 saturated heterocycles. The van der Waals surface area contributed by atoms with Gasteiger partial charge in [-0.15, -0.1) is 0 Å². The molecule has 0 spiro atoms. The van der Waals surface area contributed by atoms with Gasteiger partial charge in [0.1, 0.15) is 0 Å². The highest BCUT2D eigenvalue weighted by Gasteiger charge is 2.12. The average Bonchev–Trinajstić information content (AvgIpc) is 2.32. The topological polar surface area (TPSA) is 29.3 Å². The van der Waals surface area contributed by atoms with Gasteiger partial charge in [-0.1, -0.05) is 32.9 Å². The SMILES string of the molecule is CCC(CC)N(CC)Cc1ccc(N)cc1. The Kier molecular flexibility index (Phi) is 5.33. The van der Waals surface area contributed by atoms with Crippen molar-refractivity contribution in [3.8, 4) is 0 Å². The largest absolute Gasteiger partial charge is 0.399 e. The van der Waals surface area contributed by atoms with Crippen LogP contribution in [0.3, 0.4) is 0 Å². The molecule has 2 heteroatoms. The van der Waals surface area contributed by atoms with Crippen molar-refractivity contribution >= 4 is 5.69 Å². The van der Waals surface area contributed by atoms with E-state index in [1.165, 1.54) is 18.4 Å². The number of benzene rings is 1. The Morgan fingerprint density at radius 1 is 1.06 bits per heavy atom. The Morgan fingerprint density at radius 2 is 1.62 bits per heavy atom. The molecule has 90 valence electrons. The quantitative estimate of drug-likeness (QED) is 0.745. The number of hydrogen-bond donors (Lipinski definition) is 1. The third-order valence-corrected chi connectivity index (χ3v) is 3.23. The van der Waals surface area contributed by atoms with E-state index in [0.717, 1.165) is 18.8 Å². The van der Waals surface area contributed by atoms with Crippen LogP contribution in [0.25, 0.3) is 0 Å². The first-order chi connectivity index (χ1) is 7.71. The lowest BCUT2D eigenvalue weighted by atomic mass is 10.1. The van der Waals surface area contributed by atoms with Gasteiger partial charge in [-0.25, -0.2) is 0 Å². The first-order valence-electron chi connectivity index (χ1n) is 6.29. The van der Waals surface area contributed by atoms with E-state index >= 15 is 0 Å². The molecule has 2 nitrogen and oxygen atoms in total. The van der Waals surface area contributed by atoms with E-state index < -0.39 is 0 Å². The lowest BCUT2D eigenvalue weighted by Crippen LogP contribution is -2.33. The molecule has 0 amide bonds. The molecule has 0 heterocycles. The average molecular weight is 220 g/mol. The Morgan fingerprint density at radius 3 is 2.06 bits per heavy atom. The fraction of sp³-hybridized carbons (Fsp3) is 0.571. The predicted octanol–water partition coefficient (Wildman–Crippen LogP) is 3.28. The van der Waals surface area contributed by atoms with Gasteiger partial charge in [-0.2, -0.15) is 0 Å². The van der Waals surface area contributed by atoms with Crippen LogP contribution in [-0.2, 0) is 6.54 Å². The van der Waals surface area contributed by atoms with Crippen LogP contribution in [-0.4, -0.2) is 17.5 Å². The fourth-order valence-electron chi connectivity index (χ4n) is 2.16. The lowest BCUT2D eigenvalue weighted by Gasteiger charge is -2.29. The van der Waals surface area contributed by atoms with Crippen LogP contribution < -0.4 is 5.73 Å². The van der Waals surface area contributed by atoms with Crippen molar-refractivity contribution in [3.63, 3.8) is 0 Å². The van der Waals surface area contributed by atoms with Crippen LogP contribution in [0.2, 0.25) is 0 Å². The Bertz CT molecular complexity index is 288. The maximum Gasteiger partial charge on any atom is 0.0314 e. The van der Waals surface area contributed by atoms with Crippen molar-refractivity contribution in [1.29, 1.82) is 0 Å². The first-order valence-corrected chi connectivity index (χ1v) is 6.29. The van der Waals surface area contributed by atoms with Crippen molar-refractivity contribution in [2.45, 2.75) is 46.2 Å². The van der Waals surface area contributed by atoms with E-state index in [9.17, 15) is 0 Å². The van der Waals surface area contributed by atoms with Crippen LogP contribution in [0.1, 0.15) is 39.2 Å². The molecule has 1 rings (SSSR count). The van der Waals surface area contributed by atoms with Crippen molar-refractivity contribution in [1.82, 2.24) is 4.90 Å². The Hall–Kier alpha value is -1.02. The van der Waals surface area contributed by atoms with Gasteiger partial charge in [0.25, 0.3) is 0 Å². The summed E-state index contributed by atoms with van der Waals surface area (Å²) in [6, 6.07) is 8.91. The molecule has 1 aromatic carbocycles. The second-order valence-corrected chi connectivity index (χ2v) is 4.27. The van der Waals surface area contributed by atoms with Gasteiger partial charge in [-0.05, 0) is 37.1 Å². The molecule has 0 aliphatic rings. The van der Waals surface area contributed by atoms with Crippen LogP contribution in [0.15, 0.2) is 24.3 Å². The second kappa shape index (κ2) is 6.54. The van der Waals surface area contributed by atoms with Gasteiger partial charge in [0.05, 0.1) is 0 Å². The molecule has 0 radical (unpaired) electrons. The van der Waals surface area contributed by atoms with Crippen LogP contribution >= 0.6 is 0 Å². The maximum absolute atomic E-state index is 5.69. The highest BCUT2D eigenvalue weighted by Crippen LogP contribution is 2.14. The smallest absolute Gasteiger partial charge is 0.0314 e. The third-order valence-electron chi connectivity index (χ3n) is 3.23. The molecule has 0 bridgehead atoms. The maximum atomic E-state index is 5.69. The van der Waals surface area contributed by atoms with E-state index in [4.69, 9.17) is 5.73 Å². The van der Waals surface area contributed by atoms with Crippen molar-refractivity contribution in [2.24, 2.45) is 0 Å². The van der Waals surface area contributed by atoms with Gasteiger partial charge in [0, 0.05) is 18.3 Å². The normalized spacial score (nSPS) is 11.3. The number of nitrogens with two attached hydrogens (primary N) is 1. The number of nitrogens with zero attached hydrogens (tertiary/aromatic N) is 1. The summed E-state index contributed by atoms with van der Waals surface area (Å²) in [7, 11) is 0. The van der Waals surface area contributed by atoms with Gasteiger partial charge in [0.15, 0.2) is 0 Å². The summed E-state index contributed by atoms with van der Waals surface area (Å²) in [6.45, 7) is 8.90. The molecular weight excluding hydrogens is 196 g/mol. The highest BCUT2D eigenvalue weighted by atomic mass is 15.1. The summed E-state index contributed by atoms with van der Waals surface area (Å²) in [5.41, 5.74) is 7.88. The van der Waals surface area contributed by atoms with E-state index in [1.54, 1.807) is 0 Å². The monoisotopic (exact) mass is 220 g/mol. The molecule has 0 fully saturated rings. The number of hydrogen-bond acceptors (Lipinski definition) is 2. The Labute approximate surface area is 99.5 Å². The number of anilines is 1. The zero-order valence-electron chi connectivity index (χ0n) is 10.7. The van der Waals surface area contributed by atoms with Gasteiger partial charge in [-0.3, -0.25) is 4.90 Å². The van der Waals surface area contributed by atoms with Crippen LogP contribution in [0.5, 0.6) is 0 Å². The van der Waals surface area contributed by atoms with Crippen LogP contribution in [0, 0.1) is 0 Å². The molecule has 0 saturated carbocycles. The summed E-state index contributed by atoms with van der Waals surface area (Å²) in [4.78, 5) is 2.53. The van der Waals surface area contributed by atoms with Crippen molar-refractivity contribution in [3.05, 3.63) is 29.8 Å². The highest BCUT2D eigenvalue weighted by molar-refractivity contribution is 5.39. The standard InChI is InChI=1S/C14H24N2/c1-4-14(5-2)16(6-3)11-12-7-9-13(15)10-8-12/h7-10,14H,4-6,11,15H2,1-3H3. The minimum atomic E-state index is 0.697. The second-order valence-electron chi connectivity index (χ2n) is 4.27. The van der Waals surface area contributed by atoms with Gasteiger partial charge in [0.2, 0.25) is 0 Å². The molecule has 0 unspecified atom stereocenters. The zero-order chi connectivity index (χ0) is 12.0. The van der Waals surface area contributed by atoms with Crippen molar-refractivity contribution in [2.75, 3.05) is 12.3 Å². The van der Waals surface area contributed by atoms with E-state index in [-0.39, 0.29) is 0 Å². The minimum Gasteiger partial charge on any atom is -0.399 e. The number of rotatable bonds is 6. The van der Waals surface area contributed by atoms with Gasteiger partial charge < -0.3 is 5.73 Å². The molecule has 0 aliphatic carbocycles. The van der Waals surface area contributed by atoms with Crippen molar-refractivity contribution < 1.29 is 0 Å². The molecule has 0 atom stereocenters. The molecule has 0 aromatic heterocycles. The zero-order valence-corrected chi connectivity index (χ0v) is 10.7. The van der Waals surface area contributed by atoms with Gasteiger partial charge >= 0.3 is 0 Å². The molecule has 2 N–H and O–H groups in total. The van der Waals surface area contributed by atoms with E-state index in [1.807, 2.05) is 12.1 Å². The van der Waals surface area contributed by atoms with E-state index in [0.29, 0.717) is 6.04 Å². The van der Waals surface area contributed by atoms with Crippen LogP contribution in [0.4, 0.5) is 5.69 Å². The molecule has 16 heavy (non-hydrogen) atoms. The third kappa shape index (κ3) is 3.53. The lowest BCUT2D eigenvalue weighted by molar-refractivity contribution is 0.187. The molecular formula is C14H24N2. The first kappa shape index (κ1) is 13.0. The van der Waals surface area contributed by atoms with E-state index in [2.05, 4.69) is 37.8 Å². The summed E-state index contributed by atoms with van der Waals surface area (Å²) >= 11 is 0. The minimum absolute atomic E-state index is 0.697. The summed E-state index contributed by atoms with van der Waals surface area (Å²) in [5, 5.41) is 0. The Balaban J connectivity index is 2.65. The summed E-state index contributed by atoms with van der Waals surface area (Å²) in [5.74, 6) is 0. The molecule has 0 aliphatic heterocycles. The number of nitrogen functional groups attached to an aromatic ring is 1. The predicted molar refractivity (Wildman–Crippen MR) is 71.3 cm³/mol. The fourth-order valence-corrected chi connectivity index (χ4v) is 2.16. The summed E-state index contributed by atoms with van der Waals surface area (Å²) in [6.07, 6.45) is 2.44. The molecule has 1 aromatic rings.